The molecule has 0 aromatic carbocycles. The number of nitrogens with one attached hydrogen (secondary N) is 1. The minimum Gasteiger partial charge on any atom is -0.384 e. The first kappa shape index (κ1) is 13.1. The summed E-state index contributed by atoms with van der Waals surface area (Å²) in [6.07, 6.45) is 3.08. The van der Waals surface area contributed by atoms with E-state index in [4.69, 9.17) is 5.73 Å². The molecule has 0 spiro atoms. The number of hydrogen-bond acceptors (Lipinski definition) is 7. The second-order valence-corrected chi connectivity index (χ2v) is 5.71. The van der Waals surface area contributed by atoms with Crippen LogP contribution >= 0.6 is 0 Å². The molecule has 0 bridgehead atoms. The van der Waals surface area contributed by atoms with Gasteiger partial charge in [0.05, 0.1) is 6.20 Å². The second-order valence-electron chi connectivity index (χ2n) is 3.73. The van der Waals surface area contributed by atoms with Gasteiger partial charge in [0, 0.05) is 12.3 Å². The van der Waals surface area contributed by atoms with Crippen LogP contribution in [0.15, 0.2) is 29.6 Å². The van der Waals surface area contributed by atoms with Crippen LogP contribution in [0.5, 0.6) is 0 Å². The van der Waals surface area contributed by atoms with Crippen LogP contribution in [-0.4, -0.2) is 29.6 Å². The molecular formula is C10H10FN5O2S. The Labute approximate surface area is 108 Å². The van der Waals surface area contributed by atoms with E-state index >= 15 is 0 Å². The Hall–Kier alpha value is -2.29. The summed E-state index contributed by atoms with van der Waals surface area (Å²) in [7, 11) is -3.63. The van der Waals surface area contributed by atoms with Crippen molar-refractivity contribution >= 4 is 27.3 Å². The molecule has 100 valence electrons. The highest BCUT2D eigenvalue weighted by Crippen LogP contribution is 2.22. The number of nitrogen functional groups attached to an aromatic ring is 1. The normalized spacial score (nSPS) is 11.3. The van der Waals surface area contributed by atoms with E-state index in [0.717, 1.165) is 18.5 Å². The molecule has 0 unspecified atom stereocenters. The molecule has 0 aliphatic rings. The molecule has 0 saturated heterocycles. The molecular weight excluding hydrogens is 273 g/mol. The summed E-state index contributed by atoms with van der Waals surface area (Å²) in [5, 5.41) is 2.66. The lowest BCUT2D eigenvalue weighted by atomic mass is 10.4. The van der Waals surface area contributed by atoms with Crippen molar-refractivity contribution in [1.29, 1.82) is 0 Å². The summed E-state index contributed by atoms with van der Waals surface area (Å²) in [5.74, 6) is -0.299. The predicted molar refractivity (Wildman–Crippen MR) is 67.0 cm³/mol. The zero-order valence-electron chi connectivity index (χ0n) is 9.83. The summed E-state index contributed by atoms with van der Waals surface area (Å²) >= 11 is 0. The Bertz CT molecular complexity index is 720. The first-order valence-corrected chi connectivity index (χ1v) is 6.95. The lowest BCUT2D eigenvalue weighted by Crippen LogP contribution is -2.06. The molecule has 0 radical (unpaired) electrons. The third kappa shape index (κ3) is 3.13. The van der Waals surface area contributed by atoms with Crippen LogP contribution < -0.4 is 11.1 Å². The van der Waals surface area contributed by atoms with Crippen molar-refractivity contribution in [3.63, 3.8) is 0 Å². The van der Waals surface area contributed by atoms with Crippen LogP contribution in [0.4, 0.5) is 21.8 Å². The van der Waals surface area contributed by atoms with Gasteiger partial charge in [-0.05, 0) is 6.07 Å². The second kappa shape index (κ2) is 4.76. The minimum absolute atomic E-state index is 0.0259. The Balaban J connectivity index is 2.46. The predicted octanol–water partition coefficient (Wildman–Crippen LogP) is 0.740. The third-order valence-corrected chi connectivity index (χ3v) is 3.26. The monoisotopic (exact) mass is 283 g/mol. The zero-order valence-corrected chi connectivity index (χ0v) is 10.6. The first-order chi connectivity index (χ1) is 8.86. The number of sulfone groups is 1. The Morgan fingerprint density at radius 3 is 2.63 bits per heavy atom. The van der Waals surface area contributed by atoms with Gasteiger partial charge in [0.15, 0.2) is 15.7 Å². The molecule has 0 fully saturated rings. The average molecular weight is 283 g/mol. The summed E-state index contributed by atoms with van der Waals surface area (Å²) in [6.45, 7) is 0. The lowest BCUT2D eigenvalue weighted by Gasteiger charge is -2.09. The smallest absolute Gasteiger partial charge is 0.179 e. The first-order valence-electron chi connectivity index (χ1n) is 5.06. The highest BCUT2D eigenvalue weighted by atomic mass is 32.2. The van der Waals surface area contributed by atoms with E-state index in [-0.39, 0.29) is 22.3 Å². The van der Waals surface area contributed by atoms with E-state index in [1.54, 1.807) is 0 Å². The lowest BCUT2D eigenvalue weighted by molar-refractivity contribution is 0.593. The fraction of sp³-hybridized carbons (Fsp3) is 0.100. The molecule has 0 atom stereocenters. The summed E-state index contributed by atoms with van der Waals surface area (Å²) in [5.41, 5.74) is 5.47. The highest BCUT2D eigenvalue weighted by molar-refractivity contribution is 7.90. The molecule has 0 saturated carbocycles. The number of halogens is 1. The van der Waals surface area contributed by atoms with E-state index in [1.165, 1.54) is 12.4 Å². The van der Waals surface area contributed by atoms with Gasteiger partial charge in [-0.3, -0.25) is 0 Å². The minimum atomic E-state index is -3.63. The van der Waals surface area contributed by atoms with E-state index in [0.29, 0.717) is 0 Å². The van der Waals surface area contributed by atoms with E-state index in [1.807, 2.05) is 0 Å². The van der Waals surface area contributed by atoms with E-state index in [9.17, 15) is 12.8 Å². The molecule has 2 aromatic rings. The maximum atomic E-state index is 13.1. The van der Waals surface area contributed by atoms with Crippen molar-refractivity contribution in [3.8, 4) is 0 Å². The van der Waals surface area contributed by atoms with Gasteiger partial charge >= 0.3 is 0 Å². The van der Waals surface area contributed by atoms with Gasteiger partial charge in [-0.15, -0.1) is 0 Å². The number of pyridine rings is 1. The standard InChI is InChI=1S/C10H10FN5O2S/c1-19(17,18)7-2-6(11)4-13-10(7)16-9-3-8(12)14-5-15-9/h2-5H,1H3,(H3,12,13,14,15,16). The fourth-order valence-electron chi connectivity index (χ4n) is 1.36. The summed E-state index contributed by atoms with van der Waals surface area (Å²) in [4.78, 5) is 11.0. The van der Waals surface area contributed by atoms with Gasteiger partial charge in [0.1, 0.15) is 28.7 Å². The number of nitrogens with zero attached hydrogens (tertiary/aromatic N) is 3. The quantitative estimate of drug-likeness (QED) is 0.854. The number of hydrogen-bond donors (Lipinski definition) is 2. The zero-order chi connectivity index (χ0) is 14.0. The van der Waals surface area contributed by atoms with Crippen molar-refractivity contribution in [2.24, 2.45) is 0 Å². The summed E-state index contributed by atoms with van der Waals surface area (Å²) < 4.78 is 36.2. The molecule has 3 N–H and O–H groups in total. The topological polar surface area (TPSA) is 111 Å². The molecule has 0 aliphatic heterocycles. The van der Waals surface area contributed by atoms with Crippen LogP contribution in [0.1, 0.15) is 0 Å². The van der Waals surface area contributed by atoms with Crippen LogP contribution in [0, 0.1) is 5.82 Å². The largest absolute Gasteiger partial charge is 0.384 e. The van der Waals surface area contributed by atoms with Crippen LogP contribution in [0.3, 0.4) is 0 Å². The molecule has 2 heterocycles. The van der Waals surface area contributed by atoms with Gasteiger partial charge in [0.25, 0.3) is 0 Å². The number of nitrogens with two attached hydrogens (primary N) is 1. The van der Waals surface area contributed by atoms with Crippen molar-refractivity contribution in [2.75, 3.05) is 17.3 Å². The average Bonchev–Trinajstić information content (AvgIpc) is 2.30. The van der Waals surface area contributed by atoms with Gasteiger partial charge in [0.2, 0.25) is 0 Å². The number of rotatable bonds is 3. The van der Waals surface area contributed by atoms with Crippen molar-refractivity contribution < 1.29 is 12.8 Å². The van der Waals surface area contributed by atoms with Crippen molar-refractivity contribution in [2.45, 2.75) is 4.90 Å². The van der Waals surface area contributed by atoms with Gasteiger partial charge < -0.3 is 11.1 Å². The van der Waals surface area contributed by atoms with Crippen molar-refractivity contribution in [1.82, 2.24) is 15.0 Å². The number of anilines is 3. The molecule has 0 amide bonds. The Morgan fingerprint density at radius 2 is 2.00 bits per heavy atom. The third-order valence-electron chi connectivity index (χ3n) is 2.15. The highest BCUT2D eigenvalue weighted by Gasteiger charge is 2.16. The Morgan fingerprint density at radius 1 is 1.26 bits per heavy atom. The maximum Gasteiger partial charge on any atom is 0.179 e. The van der Waals surface area contributed by atoms with E-state index < -0.39 is 15.7 Å². The SMILES string of the molecule is CS(=O)(=O)c1cc(F)cnc1Nc1cc(N)ncn1. The van der Waals surface area contributed by atoms with Crippen molar-refractivity contribution in [3.05, 3.63) is 30.5 Å². The molecule has 2 aromatic heterocycles. The van der Waals surface area contributed by atoms with Gasteiger partial charge in [-0.25, -0.2) is 27.8 Å². The van der Waals surface area contributed by atoms with Crippen LogP contribution in [-0.2, 0) is 9.84 Å². The van der Waals surface area contributed by atoms with Crippen LogP contribution in [0.2, 0.25) is 0 Å². The fourth-order valence-corrected chi connectivity index (χ4v) is 2.14. The van der Waals surface area contributed by atoms with E-state index in [2.05, 4.69) is 20.3 Å². The Kier molecular flexibility index (Phi) is 3.30. The maximum absolute atomic E-state index is 13.1. The molecule has 0 aliphatic carbocycles. The summed E-state index contributed by atoms with van der Waals surface area (Å²) in [6, 6.07) is 2.28. The molecule has 2 rings (SSSR count). The molecule has 9 heteroatoms. The van der Waals surface area contributed by atoms with Crippen LogP contribution in [0.25, 0.3) is 0 Å². The number of aromatic nitrogens is 3. The van der Waals surface area contributed by atoms with Gasteiger partial charge in [-0.2, -0.15) is 0 Å². The molecule has 7 nitrogen and oxygen atoms in total. The molecule has 19 heavy (non-hydrogen) atoms. The van der Waals surface area contributed by atoms with Gasteiger partial charge in [-0.1, -0.05) is 0 Å².